The molecule has 1 fully saturated rings. The van der Waals surface area contributed by atoms with Crippen LogP contribution in [0.5, 0.6) is 0 Å². The second-order valence-corrected chi connectivity index (χ2v) is 11.3. The number of nitrogens with zero attached hydrogens (tertiary/aromatic N) is 2. The number of rotatable bonds is 11. The van der Waals surface area contributed by atoms with E-state index in [-0.39, 0.29) is 17.8 Å². The van der Waals surface area contributed by atoms with Crippen molar-refractivity contribution in [2.75, 3.05) is 45.9 Å². The van der Waals surface area contributed by atoms with Crippen LogP contribution in [-0.2, 0) is 14.3 Å². The lowest BCUT2D eigenvalue weighted by molar-refractivity contribution is -0.139. The van der Waals surface area contributed by atoms with Crippen molar-refractivity contribution >= 4 is 34.4 Å². The standard InChI is InChI=1S/C26H34ClN3O4S/c1-26(2,24(28)25(32)33)35-22(31)18-34-17-16-29-12-14-30(15-13-29)23(19-6-4-3-5-7-19)20-8-10-21(27)11-9-20/h3-11,23-24H,12-18,28H2,1-2H3,(H,32,33)/t23?,24-/m1/s1. The SMILES string of the molecule is CC(C)(SC(=O)COCCN1CCN(C(c2ccccc2)c2ccc(Cl)cc2)CC1)[C@H](N)C(=O)O. The molecular formula is C26H34ClN3O4S. The van der Waals surface area contributed by atoms with Crippen LogP contribution in [0.15, 0.2) is 54.6 Å². The number of carboxylic acid groups (broad SMARTS) is 1. The Morgan fingerprint density at radius 1 is 1.06 bits per heavy atom. The summed E-state index contributed by atoms with van der Waals surface area (Å²) in [4.78, 5) is 28.1. The first-order valence-corrected chi connectivity index (χ1v) is 12.9. The van der Waals surface area contributed by atoms with E-state index in [0.717, 1.165) is 49.5 Å². The largest absolute Gasteiger partial charge is 0.480 e. The van der Waals surface area contributed by atoms with E-state index >= 15 is 0 Å². The summed E-state index contributed by atoms with van der Waals surface area (Å²) in [6.07, 6.45) is 0. The fourth-order valence-corrected chi connectivity index (χ4v) is 5.26. The minimum atomic E-state index is -1.12. The van der Waals surface area contributed by atoms with Gasteiger partial charge in [-0.1, -0.05) is 65.8 Å². The molecule has 1 heterocycles. The highest BCUT2D eigenvalue weighted by Gasteiger charge is 2.35. The normalized spacial score (nSPS) is 17.1. The van der Waals surface area contributed by atoms with Crippen molar-refractivity contribution in [1.29, 1.82) is 0 Å². The molecule has 1 aliphatic heterocycles. The number of ether oxygens (including phenoxy) is 1. The van der Waals surface area contributed by atoms with Crippen LogP contribution in [0, 0.1) is 0 Å². The van der Waals surface area contributed by atoms with E-state index in [1.807, 2.05) is 18.2 Å². The van der Waals surface area contributed by atoms with Crippen LogP contribution in [0.3, 0.4) is 0 Å². The number of nitrogens with two attached hydrogens (primary N) is 1. The van der Waals surface area contributed by atoms with Crippen molar-refractivity contribution in [3.05, 3.63) is 70.7 Å². The Kier molecular flexibility index (Phi) is 10.1. The minimum absolute atomic E-state index is 0.0625. The van der Waals surface area contributed by atoms with E-state index in [0.29, 0.717) is 6.61 Å². The predicted octanol–water partition coefficient (Wildman–Crippen LogP) is 3.51. The summed E-state index contributed by atoms with van der Waals surface area (Å²) in [5, 5.41) is 9.60. The maximum Gasteiger partial charge on any atom is 0.321 e. The first-order valence-electron chi connectivity index (χ1n) is 11.7. The Bertz CT molecular complexity index is 966. The average Bonchev–Trinajstić information content (AvgIpc) is 2.84. The second kappa shape index (κ2) is 12.9. The lowest BCUT2D eigenvalue weighted by Gasteiger charge is -2.39. The molecule has 0 radical (unpaired) electrons. The molecule has 0 amide bonds. The van der Waals surface area contributed by atoms with Gasteiger partial charge in [-0.05, 0) is 37.1 Å². The van der Waals surface area contributed by atoms with E-state index in [4.69, 9.17) is 27.2 Å². The Morgan fingerprint density at radius 2 is 1.66 bits per heavy atom. The fraction of sp³-hybridized carbons (Fsp3) is 0.462. The zero-order valence-corrected chi connectivity index (χ0v) is 21.8. The number of thioether (sulfide) groups is 1. The third kappa shape index (κ3) is 8.03. The summed E-state index contributed by atoms with van der Waals surface area (Å²) in [6, 6.07) is 17.6. The molecule has 1 aliphatic rings. The molecule has 2 atom stereocenters. The molecule has 3 rings (SSSR count). The smallest absolute Gasteiger partial charge is 0.321 e. The van der Waals surface area contributed by atoms with Crippen LogP contribution >= 0.6 is 23.4 Å². The molecule has 7 nitrogen and oxygen atoms in total. The van der Waals surface area contributed by atoms with E-state index in [9.17, 15) is 9.59 Å². The van der Waals surface area contributed by atoms with Crippen LogP contribution in [0.25, 0.3) is 0 Å². The predicted molar refractivity (Wildman–Crippen MR) is 141 cm³/mol. The van der Waals surface area contributed by atoms with Gasteiger partial charge in [-0.3, -0.25) is 19.4 Å². The lowest BCUT2D eigenvalue weighted by Crippen LogP contribution is -2.48. The molecule has 0 aliphatic carbocycles. The third-order valence-electron chi connectivity index (χ3n) is 6.24. The number of aliphatic carboxylic acids is 1. The summed E-state index contributed by atoms with van der Waals surface area (Å²) in [7, 11) is 0. The Balaban J connectivity index is 1.46. The number of halogens is 1. The van der Waals surface area contributed by atoms with Gasteiger partial charge in [0.25, 0.3) is 0 Å². The molecule has 190 valence electrons. The Hall–Kier alpha value is -1.94. The van der Waals surface area contributed by atoms with Crippen molar-refractivity contribution in [2.45, 2.75) is 30.7 Å². The fourth-order valence-electron chi connectivity index (χ4n) is 4.17. The van der Waals surface area contributed by atoms with Gasteiger partial charge >= 0.3 is 5.97 Å². The summed E-state index contributed by atoms with van der Waals surface area (Å²) < 4.78 is 4.68. The molecule has 0 saturated carbocycles. The van der Waals surface area contributed by atoms with Gasteiger partial charge in [-0.2, -0.15) is 0 Å². The van der Waals surface area contributed by atoms with Crippen LogP contribution in [0.2, 0.25) is 5.02 Å². The van der Waals surface area contributed by atoms with E-state index in [1.165, 1.54) is 11.1 Å². The molecule has 3 N–H and O–H groups in total. The van der Waals surface area contributed by atoms with E-state index < -0.39 is 16.8 Å². The van der Waals surface area contributed by atoms with Crippen molar-refractivity contribution in [3.63, 3.8) is 0 Å². The van der Waals surface area contributed by atoms with Crippen LogP contribution < -0.4 is 5.73 Å². The van der Waals surface area contributed by atoms with E-state index in [1.54, 1.807) is 13.8 Å². The van der Waals surface area contributed by atoms with Gasteiger partial charge < -0.3 is 15.6 Å². The molecule has 1 unspecified atom stereocenters. The number of hydrogen-bond donors (Lipinski definition) is 2. The zero-order chi connectivity index (χ0) is 25.4. The van der Waals surface area contributed by atoms with E-state index in [2.05, 4.69) is 46.2 Å². The topological polar surface area (TPSA) is 96.1 Å². The average molecular weight is 520 g/mol. The van der Waals surface area contributed by atoms with Gasteiger partial charge in [0.05, 0.1) is 12.6 Å². The molecule has 1 saturated heterocycles. The molecule has 2 aromatic carbocycles. The van der Waals surface area contributed by atoms with Gasteiger partial charge in [0.2, 0.25) is 5.12 Å². The zero-order valence-electron chi connectivity index (χ0n) is 20.2. The van der Waals surface area contributed by atoms with Gasteiger partial charge in [0.15, 0.2) is 0 Å². The van der Waals surface area contributed by atoms with Gasteiger partial charge in [0.1, 0.15) is 12.6 Å². The van der Waals surface area contributed by atoms with Crippen molar-refractivity contribution < 1.29 is 19.4 Å². The number of carbonyl (C=O) groups is 2. The number of piperazine rings is 1. The van der Waals surface area contributed by atoms with Crippen molar-refractivity contribution in [1.82, 2.24) is 9.80 Å². The highest BCUT2D eigenvalue weighted by atomic mass is 35.5. The Morgan fingerprint density at radius 3 is 2.26 bits per heavy atom. The monoisotopic (exact) mass is 519 g/mol. The number of carbonyl (C=O) groups excluding carboxylic acids is 1. The quantitative estimate of drug-likeness (QED) is 0.435. The first-order chi connectivity index (χ1) is 16.7. The van der Waals surface area contributed by atoms with Gasteiger partial charge in [-0.15, -0.1) is 0 Å². The minimum Gasteiger partial charge on any atom is -0.480 e. The lowest BCUT2D eigenvalue weighted by atomic mass is 9.96. The molecule has 2 aromatic rings. The second-order valence-electron chi connectivity index (χ2n) is 9.19. The first kappa shape index (κ1) is 27.6. The summed E-state index contributed by atoms with van der Waals surface area (Å²) in [5.41, 5.74) is 8.16. The van der Waals surface area contributed by atoms with Crippen molar-refractivity contribution in [2.24, 2.45) is 5.73 Å². The highest BCUT2D eigenvalue weighted by Crippen LogP contribution is 2.30. The summed E-state index contributed by atoms with van der Waals surface area (Å²) in [5.74, 6) is -1.12. The van der Waals surface area contributed by atoms with Crippen molar-refractivity contribution in [3.8, 4) is 0 Å². The maximum absolute atomic E-state index is 12.2. The molecule has 9 heteroatoms. The number of benzene rings is 2. The Labute approximate surface area is 216 Å². The molecule has 0 aromatic heterocycles. The van der Waals surface area contributed by atoms with Gasteiger partial charge in [0, 0.05) is 42.5 Å². The third-order valence-corrected chi connectivity index (χ3v) is 7.61. The van der Waals surface area contributed by atoms with Crippen LogP contribution in [0.1, 0.15) is 31.0 Å². The summed E-state index contributed by atoms with van der Waals surface area (Å²) >= 11 is 7.05. The number of carboxylic acids is 1. The van der Waals surface area contributed by atoms with Crippen LogP contribution in [0.4, 0.5) is 0 Å². The summed E-state index contributed by atoms with van der Waals surface area (Å²) in [6.45, 7) is 8.06. The molecule has 35 heavy (non-hydrogen) atoms. The molecular weight excluding hydrogens is 486 g/mol. The van der Waals surface area contributed by atoms with Crippen LogP contribution in [-0.4, -0.2) is 82.7 Å². The molecule has 0 spiro atoms. The highest BCUT2D eigenvalue weighted by molar-refractivity contribution is 8.14. The number of hydrogen-bond acceptors (Lipinski definition) is 7. The maximum atomic E-state index is 12.2. The van der Waals surface area contributed by atoms with Gasteiger partial charge in [-0.25, -0.2) is 0 Å². The molecule has 0 bridgehead atoms.